The highest BCUT2D eigenvalue weighted by atomic mass is 32.1. The molecule has 1 fully saturated rings. The quantitative estimate of drug-likeness (QED) is 0.655. The number of likely N-dealkylation sites (N-methyl/N-ethyl adjacent to an activating group) is 1. The van der Waals surface area contributed by atoms with E-state index in [2.05, 4.69) is 33.9 Å². The van der Waals surface area contributed by atoms with Crippen LogP contribution in [0.25, 0.3) is 21.7 Å². The lowest BCUT2D eigenvalue weighted by Gasteiger charge is -2.35. The zero-order chi connectivity index (χ0) is 19.8. The average molecular weight is 411 g/mol. The summed E-state index contributed by atoms with van der Waals surface area (Å²) in [5, 5.41) is 1.25. The van der Waals surface area contributed by atoms with Crippen LogP contribution < -0.4 is 4.90 Å². The van der Waals surface area contributed by atoms with Gasteiger partial charge in [-0.15, -0.1) is 11.3 Å². The van der Waals surface area contributed by atoms with Crippen molar-refractivity contribution in [3.8, 4) is 11.5 Å². The standard InChI is InChI=1S/C21H26N6OS/c1-26(2)12-14-13-27(9-10-28-14)20-18-15-5-3-4-6-17(15)29-21(18)25-19(24-20)16-11-22-7-8-23-16/h7-8,11,14H,3-6,9-10,12-13H2,1-2H3. The van der Waals surface area contributed by atoms with E-state index in [0.717, 1.165) is 55.4 Å². The third-order valence-corrected chi connectivity index (χ3v) is 6.78. The Morgan fingerprint density at radius 2 is 2.10 bits per heavy atom. The van der Waals surface area contributed by atoms with E-state index in [-0.39, 0.29) is 6.10 Å². The van der Waals surface area contributed by atoms with Crippen molar-refractivity contribution in [2.45, 2.75) is 31.8 Å². The summed E-state index contributed by atoms with van der Waals surface area (Å²) in [7, 11) is 4.18. The Kier molecular flexibility index (Phi) is 5.15. The Morgan fingerprint density at radius 3 is 2.93 bits per heavy atom. The molecule has 4 heterocycles. The van der Waals surface area contributed by atoms with Gasteiger partial charge < -0.3 is 14.5 Å². The maximum absolute atomic E-state index is 6.02. The van der Waals surface area contributed by atoms with Crippen LogP contribution in [0.15, 0.2) is 18.6 Å². The average Bonchev–Trinajstić information content (AvgIpc) is 3.12. The van der Waals surface area contributed by atoms with Crippen LogP contribution in [0, 0.1) is 0 Å². The van der Waals surface area contributed by atoms with Crippen LogP contribution in [0.1, 0.15) is 23.3 Å². The van der Waals surface area contributed by atoms with Crippen LogP contribution >= 0.6 is 11.3 Å². The van der Waals surface area contributed by atoms with Gasteiger partial charge in [0.15, 0.2) is 5.82 Å². The maximum Gasteiger partial charge on any atom is 0.183 e. The van der Waals surface area contributed by atoms with Gasteiger partial charge in [-0.3, -0.25) is 4.98 Å². The van der Waals surface area contributed by atoms with E-state index in [1.165, 1.54) is 28.7 Å². The van der Waals surface area contributed by atoms with Crippen LogP contribution in [-0.2, 0) is 17.6 Å². The Bertz CT molecular complexity index is 1010. The summed E-state index contributed by atoms with van der Waals surface area (Å²) >= 11 is 1.83. The van der Waals surface area contributed by atoms with Crippen LogP contribution in [0.4, 0.5) is 5.82 Å². The summed E-state index contributed by atoms with van der Waals surface area (Å²) < 4.78 is 6.02. The van der Waals surface area contributed by atoms with Gasteiger partial charge in [0.25, 0.3) is 0 Å². The third-order valence-electron chi connectivity index (χ3n) is 5.59. The molecular weight excluding hydrogens is 384 g/mol. The first-order valence-corrected chi connectivity index (χ1v) is 11.1. The largest absolute Gasteiger partial charge is 0.373 e. The highest BCUT2D eigenvalue weighted by molar-refractivity contribution is 7.19. The number of ether oxygens (including phenoxy) is 1. The lowest BCUT2D eigenvalue weighted by atomic mass is 9.97. The number of rotatable bonds is 4. The number of aryl methyl sites for hydroxylation is 2. The fourth-order valence-corrected chi connectivity index (χ4v) is 5.58. The van der Waals surface area contributed by atoms with E-state index in [4.69, 9.17) is 14.7 Å². The molecule has 8 heteroatoms. The number of thiophene rings is 1. The van der Waals surface area contributed by atoms with Crippen molar-refractivity contribution in [1.29, 1.82) is 0 Å². The topological polar surface area (TPSA) is 67.3 Å². The molecule has 1 aliphatic heterocycles. The van der Waals surface area contributed by atoms with E-state index in [1.807, 2.05) is 11.3 Å². The number of hydrogen-bond donors (Lipinski definition) is 0. The van der Waals surface area contributed by atoms with Gasteiger partial charge in [-0.25, -0.2) is 15.0 Å². The zero-order valence-electron chi connectivity index (χ0n) is 17.0. The van der Waals surface area contributed by atoms with Crippen molar-refractivity contribution >= 4 is 27.4 Å². The lowest BCUT2D eigenvalue weighted by Crippen LogP contribution is -2.47. The minimum absolute atomic E-state index is 0.179. The predicted molar refractivity (Wildman–Crippen MR) is 116 cm³/mol. The zero-order valence-corrected chi connectivity index (χ0v) is 17.8. The highest BCUT2D eigenvalue weighted by Crippen LogP contribution is 2.40. The van der Waals surface area contributed by atoms with Crippen LogP contribution in [0.5, 0.6) is 0 Å². The molecule has 152 valence electrons. The molecule has 2 aliphatic rings. The molecule has 3 aromatic heterocycles. The molecule has 0 radical (unpaired) electrons. The van der Waals surface area contributed by atoms with E-state index in [9.17, 15) is 0 Å². The molecule has 1 unspecified atom stereocenters. The van der Waals surface area contributed by atoms with Crippen molar-refractivity contribution in [1.82, 2.24) is 24.8 Å². The molecule has 1 saturated heterocycles. The number of hydrogen-bond acceptors (Lipinski definition) is 8. The Balaban J connectivity index is 1.62. The second-order valence-corrected chi connectivity index (χ2v) is 9.14. The first-order valence-electron chi connectivity index (χ1n) is 10.3. The summed E-state index contributed by atoms with van der Waals surface area (Å²) in [6.45, 7) is 3.32. The van der Waals surface area contributed by atoms with Crippen molar-refractivity contribution < 1.29 is 4.74 Å². The van der Waals surface area contributed by atoms with Gasteiger partial charge in [0.1, 0.15) is 16.3 Å². The van der Waals surface area contributed by atoms with Crippen molar-refractivity contribution in [2.24, 2.45) is 0 Å². The van der Waals surface area contributed by atoms with Gasteiger partial charge in [0.2, 0.25) is 0 Å². The van der Waals surface area contributed by atoms with Gasteiger partial charge >= 0.3 is 0 Å². The van der Waals surface area contributed by atoms with Gasteiger partial charge in [-0.1, -0.05) is 0 Å². The molecular formula is C21H26N6OS. The summed E-state index contributed by atoms with van der Waals surface area (Å²) in [5.41, 5.74) is 2.19. The number of nitrogens with zero attached hydrogens (tertiary/aromatic N) is 6. The Labute approximate surface area is 174 Å². The Morgan fingerprint density at radius 1 is 1.21 bits per heavy atom. The van der Waals surface area contributed by atoms with Crippen molar-refractivity contribution in [3.63, 3.8) is 0 Å². The number of aromatic nitrogens is 4. The van der Waals surface area contributed by atoms with Crippen LogP contribution in [-0.4, -0.2) is 71.3 Å². The van der Waals surface area contributed by atoms with E-state index >= 15 is 0 Å². The molecule has 1 atom stereocenters. The number of fused-ring (bicyclic) bond motifs is 3. The van der Waals surface area contributed by atoms with E-state index in [1.54, 1.807) is 18.6 Å². The molecule has 0 amide bonds. The fraction of sp³-hybridized carbons (Fsp3) is 0.524. The molecule has 0 N–H and O–H groups in total. The lowest BCUT2D eigenvalue weighted by molar-refractivity contribution is 0.0246. The maximum atomic E-state index is 6.02. The van der Waals surface area contributed by atoms with Crippen LogP contribution in [0.3, 0.4) is 0 Å². The van der Waals surface area contributed by atoms with Crippen LogP contribution in [0.2, 0.25) is 0 Å². The first kappa shape index (κ1) is 18.8. The molecule has 0 bridgehead atoms. The summed E-state index contributed by atoms with van der Waals surface area (Å²) in [6, 6.07) is 0. The van der Waals surface area contributed by atoms with E-state index in [0.29, 0.717) is 5.82 Å². The predicted octanol–water partition coefficient (Wildman–Crippen LogP) is 2.79. The molecule has 29 heavy (non-hydrogen) atoms. The molecule has 0 saturated carbocycles. The normalized spacial score (nSPS) is 19.7. The monoisotopic (exact) mass is 410 g/mol. The summed E-state index contributed by atoms with van der Waals surface area (Å²) in [6.07, 6.45) is 10.1. The summed E-state index contributed by atoms with van der Waals surface area (Å²) in [5.74, 6) is 1.71. The first-order chi connectivity index (χ1) is 14.2. The SMILES string of the molecule is CN(C)CC1CN(c2nc(-c3cnccn3)nc3sc4c(c23)CCCC4)CCO1. The van der Waals surface area contributed by atoms with Crippen molar-refractivity contribution in [2.75, 3.05) is 45.2 Å². The smallest absolute Gasteiger partial charge is 0.183 e. The third kappa shape index (κ3) is 3.72. The van der Waals surface area contributed by atoms with Gasteiger partial charge in [-0.2, -0.15) is 0 Å². The van der Waals surface area contributed by atoms with Crippen molar-refractivity contribution in [3.05, 3.63) is 29.0 Å². The second-order valence-electron chi connectivity index (χ2n) is 8.05. The number of morpholine rings is 1. The van der Waals surface area contributed by atoms with Gasteiger partial charge in [0.05, 0.1) is 24.3 Å². The minimum atomic E-state index is 0.179. The molecule has 5 rings (SSSR count). The van der Waals surface area contributed by atoms with E-state index < -0.39 is 0 Å². The molecule has 0 aromatic carbocycles. The Hall–Kier alpha value is -2.16. The number of anilines is 1. The second kappa shape index (κ2) is 7.93. The minimum Gasteiger partial charge on any atom is -0.373 e. The van der Waals surface area contributed by atoms with Gasteiger partial charge in [0, 0.05) is 36.9 Å². The molecule has 7 nitrogen and oxygen atoms in total. The van der Waals surface area contributed by atoms with Gasteiger partial charge in [-0.05, 0) is 45.3 Å². The molecule has 0 spiro atoms. The summed E-state index contributed by atoms with van der Waals surface area (Å²) in [4.78, 5) is 25.7. The highest BCUT2D eigenvalue weighted by Gasteiger charge is 2.28. The molecule has 3 aromatic rings. The molecule has 1 aliphatic carbocycles. The fourth-order valence-electron chi connectivity index (χ4n) is 4.33.